The molecular weight excluding hydrogens is 377 g/mol. The highest BCUT2D eigenvalue weighted by Crippen LogP contribution is 2.29. The van der Waals surface area contributed by atoms with Crippen molar-refractivity contribution in [2.24, 2.45) is 0 Å². The van der Waals surface area contributed by atoms with E-state index in [0.717, 1.165) is 5.82 Å². The summed E-state index contributed by atoms with van der Waals surface area (Å²) < 4.78 is 10.5. The van der Waals surface area contributed by atoms with E-state index < -0.39 is 0 Å². The maximum atomic E-state index is 12.8. The van der Waals surface area contributed by atoms with E-state index in [4.69, 9.17) is 32.7 Å². The maximum Gasteiger partial charge on any atom is 0.293 e. The second kappa shape index (κ2) is 8.01. The van der Waals surface area contributed by atoms with Crippen LogP contribution in [0.5, 0.6) is 11.5 Å². The highest BCUT2D eigenvalue weighted by atomic mass is 35.5. The molecule has 138 valence electrons. The van der Waals surface area contributed by atoms with Crippen molar-refractivity contribution < 1.29 is 19.3 Å². The van der Waals surface area contributed by atoms with Gasteiger partial charge in [-0.05, 0) is 24.3 Å². The van der Waals surface area contributed by atoms with E-state index in [-0.39, 0.29) is 5.91 Å². The van der Waals surface area contributed by atoms with E-state index in [1.165, 1.54) is 0 Å². The molecule has 0 spiro atoms. The average Bonchev–Trinajstić information content (AvgIpc) is 2.67. The van der Waals surface area contributed by atoms with Gasteiger partial charge in [0.2, 0.25) is 0 Å². The molecule has 1 aliphatic rings. The Morgan fingerprint density at radius 1 is 1.04 bits per heavy atom. The molecule has 2 heterocycles. The average molecular weight is 397 g/mol. The number of methoxy groups -OCH3 is 2. The number of H-pyrrole nitrogens is 1. The van der Waals surface area contributed by atoms with Crippen LogP contribution in [0, 0.1) is 0 Å². The third-order valence-corrected chi connectivity index (χ3v) is 4.86. The first-order valence-corrected chi connectivity index (χ1v) is 8.92. The van der Waals surface area contributed by atoms with Crippen molar-refractivity contribution in [3.05, 3.63) is 46.1 Å². The molecule has 0 radical (unpaired) electrons. The van der Waals surface area contributed by atoms with E-state index in [1.54, 1.807) is 44.7 Å². The standard InChI is InChI=1S/C18H19Cl2N3O3/c1-25-15-4-3-12(9-16(15)26-2)18(24)23-7-5-22(6-8-23)17-14(20)10-13(19)11-21-17/h3-4,9-11H,5-8H2,1-2H3/p+1. The fraction of sp³-hybridized carbons (Fsp3) is 0.333. The Morgan fingerprint density at radius 2 is 1.73 bits per heavy atom. The number of aromatic nitrogens is 1. The summed E-state index contributed by atoms with van der Waals surface area (Å²) in [5, 5.41) is 1.12. The lowest BCUT2D eigenvalue weighted by Crippen LogP contribution is -2.50. The Kier molecular flexibility index (Phi) is 5.74. The van der Waals surface area contributed by atoms with Crippen LogP contribution < -0.4 is 19.4 Å². The molecule has 26 heavy (non-hydrogen) atoms. The molecule has 0 saturated carbocycles. The van der Waals surface area contributed by atoms with Crippen molar-refractivity contribution in [1.82, 2.24) is 4.90 Å². The van der Waals surface area contributed by atoms with Crippen LogP contribution in [0.4, 0.5) is 5.82 Å². The number of hydrogen-bond donors (Lipinski definition) is 0. The van der Waals surface area contributed by atoms with Crippen molar-refractivity contribution in [3.63, 3.8) is 0 Å². The zero-order valence-electron chi connectivity index (χ0n) is 14.6. The molecule has 1 N–H and O–H groups in total. The summed E-state index contributed by atoms with van der Waals surface area (Å²) in [5.41, 5.74) is 0.576. The lowest BCUT2D eigenvalue weighted by atomic mass is 10.1. The number of anilines is 1. The molecule has 6 nitrogen and oxygen atoms in total. The van der Waals surface area contributed by atoms with Crippen LogP contribution >= 0.6 is 23.2 Å². The van der Waals surface area contributed by atoms with Crippen LogP contribution in [-0.2, 0) is 0 Å². The number of nitrogens with one attached hydrogen (secondary N) is 1. The zero-order valence-corrected chi connectivity index (χ0v) is 16.1. The van der Waals surface area contributed by atoms with Gasteiger partial charge in [0.1, 0.15) is 24.3 Å². The number of carbonyl (C=O) groups is 1. The van der Waals surface area contributed by atoms with Gasteiger partial charge in [0.05, 0.1) is 32.3 Å². The molecule has 0 bridgehead atoms. The Bertz CT molecular complexity index is 808. The Labute approximate surface area is 162 Å². The summed E-state index contributed by atoms with van der Waals surface area (Å²) >= 11 is 12.2. The van der Waals surface area contributed by atoms with Gasteiger partial charge < -0.3 is 14.4 Å². The highest BCUT2D eigenvalue weighted by molar-refractivity contribution is 6.35. The minimum Gasteiger partial charge on any atom is -0.493 e. The Balaban J connectivity index is 1.68. The minimum atomic E-state index is -0.0308. The number of pyridine rings is 1. The number of piperazine rings is 1. The molecule has 8 heteroatoms. The lowest BCUT2D eigenvalue weighted by molar-refractivity contribution is -0.364. The summed E-state index contributed by atoms with van der Waals surface area (Å²) in [6, 6.07) is 6.90. The van der Waals surface area contributed by atoms with Gasteiger partial charge in [0.15, 0.2) is 11.5 Å². The quantitative estimate of drug-likeness (QED) is 0.796. The monoisotopic (exact) mass is 396 g/mol. The van der Waals surface area contributed by atoms with Crippen LogP contribution in [0.25, 0.3) is 0 Å². The van der Waals surface area contributed by atoms with Crippen molar-refractivity contribution in [2.75, 3.05) is 45.3 Å². The molecule has 1 aliphatic heterocycles. The first-order chi connectivity index (χ1) is 12.5. The van der Waals surface area contributed by atoms with Gasteiger partial charge in [-0.15, -0.1) is 0 Å². The number of nitrogens with zero attached hydrogens (tertiary/aromatic N) is 2. The summed E-state index contributed by atoms with van der Waals surface area (Å²) in [5.74, 6) is 1.92. The highest BCUT2D eigenvalue weighted by Gasteiger charge is 2.29. The van der Waals surface area contributed by atoms with Gasteiger partial charge >= 0.3 is 0 Å². The molecular formula is C18H20Cl2N3O3+. The SMILES string of the molecule is COc1ccc(C(=O)N2CCN(c3[nH+]cc(Cl)cc3Cl)CC2)cc1OC. The molecule has 0 unspecified atom stereocenters. The van der Waals surface area contributed by atoms with E-state index in [1.807, 2.05) is 4.90 Å². The normalized spacial score (nSPS) is 14.3. The molecule has 1 aromatic heterocycles. The molecule has 1 amide bonds. The predicted molar refractivity (Wildman–Crippen MR) is 101 cm³/mol. The fourth-order valence-electron chi connectivity index (χ4n) is 2.96. The largest absolute Gasteiger partial charge is 0.493 e. The first-order valence-electron chi connectivity index (χ1n) is 8.16. The Hall–Kier alpha value is -2.18. The second-order valence-electron chi connectivity index (χ2n) is 5.86. The number of amides is 1. The smallest absolute Gasteiger partial charge is 0.293 e. The van der Waals surface area contributed by atoms with Crippen LogP contribution in [0.1, 0.15) is 10.4 Å². The maximum absolute atomic E-state index is 12.8. The van der Waals surface area contributed by atoms with Crippen LogP contribution in [0.2, 0.25) is 10.0 Å². The van der Waals surface area contributed by atoms with Gasteiger partial charge in [-0.25, -0.2) is 4.98 Å². The summed E-state index contributed by atoms with van der Waals surface area (Å²) in [4.78, 5) is 19.8. The number of carbonyl (C=O) groups excluding carboxylic acids is 1. The minimum absolute atomic E-state index is 0.0308. The van der Waals surface area contributed by atoms with Crippen molar-refractivity contribution in [1.29, 1.82) is 0 Å². The van der Waals surface area contributed by atoms with Crippen molar-refractivity contribution in [3.8, 4) is 11.5 Å². The molecule has 0 aliphatic carbocycles. The fourth-order valence-corrected chi connectivity index (χ4v) is 3.48. The number of aromatic amines is 1. The van der Waals surface area contributed by atoms with Gasteiger partial charge in [-0.3, -0.25) is 9.69 Å². The third-order valence-electron chi connectivity index (χ3n) is 4.35. The second-order valence-corrected chi connectivity index (χ2v) is 6.71. The van der Waals surface area contributed by atoms with Crippen molar-refractivity contribution >= 4 is 34.9 Å². The van der Waals surface area contributed by atoms with E-state index in [9.17, 15) is 4.79 Å². The van der Waals surface area contributed by atoms with E-state index in [2.05, 4.69) is 9.88 Å². The lowest BCUT2D eigenvalue weighted by Gasteiger charge is -2.31. The third kappa shape index (κ3) is 3.81. The van der Waals surface area contributed by atoms with Crippen LogP contribution in [-0.4, -0.2) is 51.2 Å². The van der Waals surface area contributed by atoms with Gasteiger partial charge in [0, 0.05) is 5.56 Å². The van der Waals surface area contributed by atoms with Gasteiger partial charge in [0.25, 0.3) is 11.7 Å². The van der Waals surface area contributed by atoms with E-state index >= 15 is 0 Å². The molecule has 1 fully saturated rings. The molecule has 3 rings (SSSR count). The summed E-state index contributed by atoms with van der Waals surface area (Å²) in [6.07, 6.45) is 1.70. The number of rotatable bonds is 4. The number of halogens is 2. The molecule has 1 aromatic carbocycles. The summed E-state index contributed by atoms with van der Waals surface area (Å²) in [6.45, 7) is 2.55. The summed E-state index contributed by atoms with van der Waals surface area (Å²) in [7, 11) is 3.12. The molecule has 1 saturated heterocycles. The van der Waals surface area contributed by atoms with Crippen molar-refractivity contribution in [2.45, 2.75) is 0 Å². The zero-order chi connectivity index (χ0) is 18.7. The van der Waals surface area contributed by atoms with Gasteiger partial charge in [-0.2, -0.15) is 0 Å². The van der Waals surface area contributed by atoms with Crippen LogP contribution in [0.15, 0.2) is 30.5 Å². The van der Waals surface area contributed by atoms with E-state index in [0.29, 0.717) is 53.3 Å². The molecule has 2 aromatic rings. The molecule has 0 atom stereocenters. The number of ether oxygens (including phenoxy) is 2. The topological polar surface area (TPSA) is 56.2 Å². The first kappa shape index (κ1) is 18.6. The van der Waals surface area contributed by atoms with Crippen LogP contribution in [0.3, 0.4) is 0 Å². The number of benzene rings is 1. The number of hydrogen-bond acceptors (Lipinski definition) is 4. The van der Waals surface area contributed by atoms with Gasteiger partial charge in [-0.1, -0.05) is 23.2 Å². The Morgan fingerprint density at radius 3 is 2.35 bits per heavy atom. The predicted octanol–water partition coefficient (Wildman–Crippen LogP) is 2.79.